The van der Waals surface area contributed by atoms with E-state index in [1.54, 1.807) is 18.0 Å². The van der Waals surface area contributed by atoms with Gasteiger partial charge in [0.2, 0.25) is 0 Å². The number of nitrogens with zero attached hydrogens (tertiary/aromatic N) is 1. The van der Waals surface area contributed by atoms with E-state index in [4.69, 9.17) is 4.42 Å². The highest BCUT2D eigenvalue weighted by Crippen LogP contribution is 2.04. The van der Waals surface area contributed by atoms with Crippen LogP contribution in [0.5, 0.6) is 0 Å². The molecule has 3 heteroatoms. The van der Waals surface area contributed by atoms with Gasteiger partial charge in [-0.3, -0.25) is 0 Å². The summed E-state index contributed by atoms with van der Waals surface area (Å²) in [4.78, 5) is 3.92. The van der Waals surface area contributed by atoms with Crippen molar-refractivity contribution in [1.82, 2.24) is 4.98 Å². The predicted molar refractivity (Wildman–Crippen MR) is 33.7 cm³/mol. The molecule has 1 rings (SSSR count). The largest absolute Gasteiger partial charge is 0.451 e. The van der Waals surface area contributed by atoms with Crippen LogP contribution in [0.2, 0.25) is 0 Å². The summed E-state index contributed by atoms with van der Waals surface area (Å²) in [5, 5.41) is 0. The molecule has 0 aliphatic rings. The minimum atomic E-state index is 0.941. The van der Waals surface area contributed by atoms with E-state index in [0.717, 1.165) is 11.4 Å². The molecule has 0 amide bonds. The molecule has 0 saturated heterocycles. The lowest BCUT2D eigenvalue weighted by Crippen LogP contribution is -1.74. The van der Waals surface area contributed by atoms with Gasteiger partial charge >= 0.3 is 0 Å². The topological polar surface area (TPSA) is 26.0 Å². The molecule has 1 aromatic rings. The number of hydrogen-bond donors (Lipinski definition) is 0. The highest BCUT2D eigenvalue weighted by Gasteiger charge is 1.90. The maximum absolute atomic E-state index is 4.74. The van der Waals surface area contributed by atoms with Gasteiger partial charge in [-0.05, 0) is 6.26 Å². The fourth-order valence-electron chi connectivity index (χ4n) is 0.457. The third kappa shape index (κ3) is 1.26. The molecule has 0 bridgehead atoms. The normalized spacial score (nSPS) is 9.62. The first-order chi connectivity index (χ1) is 3.93. The van der Waals surface area contributed by atoms with Gasteiger partial charge in [0, 0.05) is 5.75 Å². The first kappa shape index (κ1) is 5.69. The molecule has 0 saturated carbocycles. The van der Waals surface area contributed by atoms with Crippen molar-refractivity contribution in [3.05, 3.63) is 18.4 Å². The van der Waals surface area contributed by atoms with Crippen LogP contribution in [0.3, 0.4) is 0 Å². The molecule has 0 aliphatic carbocycles. The van der Waals surface area contributed by atoms with Crippen molar-refractivity contribution in [2.24, 2.45) is 0 Å². The van der Waals surface area contributed by atoms with Crippen molar-refractivity contribution in [3.8, 4) is 0 Å². The summed E-state index contributed by atoms with van der Waals surface area (Å²) in [5.41, 5.74) is 1.01. The molecule has 0 fully saturated rings. The second kappa shape index (κ2) is 2.77. The number of hydrogen-bond acceptors (Lipinski definition) is 3. The van der Waals surface area contributed by atoms with Gasteiger partial charge in [0.25, 0.3) is 0 Å². The fourth-order valence-corrected chi connectivity index (χ4v) is 0.895. The first-order valence-corrected chi connectivity index (χ1v) is 3.69. The number of rotatable bonds is 2. The van der Waals surface area contributed by atoms with Gasteiger partial charge in [0.05, 0.1) is 5.69 Å². The van der Waals surface area contributed by atoms with Gasteiger partial charge in [0.1, 0.15) is 6.26 Å². The molecule has 8 heavy (non-hydrogen) atoms. The van der Waals surface area contributed by atoms with Crippen LogP contribution in [0.4, 0.5) is 0 Å². The van der Waals surface area contributed by atoms with Crippen molar-refractivity contribution in [3.63, 3.8) is 0 Å². The van der Waals surface area contributed by atoms with Crippen LogP contribution in [0.15, 0.2) is 17.1 Å². The van der Waals surface area contributed by atoms with E-state index < -0.39 is 0 Å². The molecule has 1 heterocycles. The van der Waals surface area contributed by atoms with Crippen LogP contribution in [0.25, 0.3) is 0 Å². The van der Waals surface area contributed by atoms with Gasteiger partial charge in [0.15, 0.2) is 6.39 Å². The zero-order valence-electron chi connectivity index (χ0n) is 4.63. The lowest BCUT2D eigenvalue weighted by molar-refractivity contribution is 0.557. The Morgan fingerprint density at radius 3 is 3.25 bits per heavy atom. The molecule has 0 atom stereocenters. The molecule has 44 valence electrons. The minimum absolute atomic E-state index is 0.941. The molecule has 0 aliphatic heterocycles. The Morgan fingerprint density at radius 1 is 1.88 bits per heavy atom. The van der Waals surface area contributed by atoms with Gasteiger partial charge < -0.3 is 4.42 Å². The highest BCUT2D eigenvalue weighted by atomic mass is 32.2. The van der Waals surface area contributed by atoms with E-state index in [2.05, 4.69) is 4.98 Å². The van der Waals surface area contributed by atoms with E-state index >= 15 is 0 Å². The monoisotopic (exact) mass is 129 g/mol. The van der Waals surface area contributed by atoms with Crippen LogP contribution in [-0.4, -0.2) is 11.2 Å². The predicted octanol–water partition coefficient (Wildman–Crippen LogP) is 1.54. The lowest BCUT2D eigenvalue weighted by atomic mass is 10.6. The van der Waals surface area contributed by atoms with Gasteiger partial charge in [-0.1, -0.05) is 0 Å². The molecule has 0 unspecified atom stereocenters. The van der Waals surface area contributed by atoms with Gasteiger partial charge in [-0.25, -0.2) is 4.98 Å². The Morgan fingerprint density at radius 2 is 2.75 bits per heavy atom. The summed E-state index contributed by atoms with van der Waals surface area (Å²) in [6.07, 6.45) is 5.15. The second-order valence-corrected chi connectivity index (χ2v) is 2.28. The maximum atomic E-state index is 4.74. The lowest BCUT2D eigenvalue weighted by Gasteiger charge is -1.83. The molecule has 0 spiro atoms. The average Bonchev–Trinajstić information content (AvgIpc) is 2.19. The Labute approximate surface area is 52.3 Å². The Balaban J connectivity index is 2.50. The Hall–Kier alpha value is -0.440. The van der Waals surface area contributed by atoms with Crippen molar-refractivity contribution in [2.45, 2.75) is 5.75 Å². The summed E-state index contributed by atoms with van der Waals surface area (Å²) >= 11 is 1.74. The van der Waals surface area contributed by atoms with Crippen molar-refractivity contribution < 1.29 is 4.42 Å². The van der Waals surface area contributed by atoms with E-state index in [9.17, 15) is 0 Å². The number of oxazole rings is 1. The average molecular weight is 129 g/mol. The molecular weight excluding hydrogens is 122 g/mol. The van der Waals surface area contributed by atoms with E-state index in [1.165, 1.54) is 6.39 Å². The van der Waals surface area contributed by atoms with Crippen molar-refractivity contribution >= 4 is 11.8 Å². The summed E-state index contributed by atoms with van der Waals surface area (Å²) < 4.78 is 4.74. The Kier molecular flexibility index (Phi) is 1.97. The standard InChI is InChI=1S/C5H7NOS/c1-8-3-5-2-7-4-6-5/h2,4H,3H2,1H3. The second-order valence-electron chi connectivity index (χ2n) is 1.41. The van der Waals surface area contributed by atoms with Gasteiger partial charge in [-0.15, -0.1) is 0 Å². The molecule has 0 radical (unpaired) electrons. The summed E-state index contributed by atoms with van der Waals surface area (Å²) in [5.74, 6) is 0.941. The fraction of sp³-hybridized carbons (Fsp3) is 0.400. The summed E-state index contributed by atoms with van der Waals surface area (Å²) in [7, 11) is 0. The quantitative estimate of drug-likeness (QED) is 0.605. The molecule has 2 nitrogen and oxygen atoms in total. The molecule has 1 aromatic heterocycles. The number of aromatic nitrogens is 1. The first-order valence-electron chi connectivity index (χ1n) is 2.29. The smallest absolute Gasteiger partial charge is 0.180 e. The molecule has 0 aromatic carbocycles. The van der Waals surface area contributed by atoms with Crippen LogP contribution in [0.1, 0.15) is 5.69 Å². The van der Waals surface area contributed by atoms with Crippen molar-refractivity contribution in [2.75, 3.05) is 6.26 Å². The van der Waals surface area contributed by atoms with Crippen LogP contribution >= 0.6 is 11.8 Å². The summed E-state index contributed by atoms with van der Waals surface area (Å²) in [6.45, 7) is 0. The highest BCUT2D eigenvalue weighted by molar-refractivity contribution is 7.97. The van der Waals surface area contributed by atoms with E-state index in [1.807, 2.05) is 6.26 Å². The van der Waals surface area contributed by atoms with Gasteiger partial charge in [-0.2, -0.15) is 11.8 Å². The number of thioether (sulfide) groups is 1. The zero-order valence-corrected chi connectivity index (χ0v) is 5.44. The summed E-state index contributed by atoms with van der Waals surface area (Å²) in [6, 6.07) is 0. The van der Waals surface area contributed by atoms with Crippen LogP contribution in [0, 0.1) is 0 Å². The maximum Gasteiger partial charge on any atom is 0.180 e. The van der Waals surface area contributed by atoms with E-state index in [0.29, 0.717) is 0 Å². The van der Waals surface area contributed by atoms with Crippen LogP contribution < -0.4 is 0 Å². The molecule has 0 N–H and O–H groups in total. The zero-order chi connectivity index (χ0) is 5.82. The Bertz CT molecular complexity index is 138. The third-order valence-electron chi connectivity index (χ3n) is 0.776. The van der Waals surface area contributed by atoms with E-state index in [-0.39, 0.29) is 0 Å². The SMILES string of the molecule is CSCc1cocn1. The minimum Gasteiger partial charge on any atom is -0.451 e. The molecular formula is C5H7NOS. The third-order valence-corrected chi connectivity index (χ3v) is 1.36. The van der Waals surface area contributed by atoms with Crippen molar-refractivity contribution in [1.29, 1.82) is 0 Å². The van der Waals surface area contributed by atoms with Crippen LogP contribution in [-0.2, 0) is 5.75 Å².